The third-order valence-electron chi connectivity index (χ3n) is 2.52. The fraction of sp³-hybridized carbons (Fsp3) is 0.818. The molecule has 0 bridgehead atoms. The Balaban J connectivity index is 1.84. The monoisotopic (exact) mass is 186 g/mol. The van der Waals surface area contributed by atoms with Crippen LogP contribution in [-0.2, 0) is 0 Å². The lowest BCUT2D eigenvalue weighted by Crippen LogP contribution is -2.00. The maximum absolute atomic E-state index is 6.17. The highest BCUT2D eigenvalue weighted by Crippen LogP contribution is 2.37. The number of hydrogen-bond acceptors (Lipinski definition) is 0. The molecule has 0 aromatic rings. The van der Waals surface area contributed by atoms with Gasteiger partial charge < -0.3 is 0 Å². The Labute approximate surface area is 81.0 Å². The van der Waals surface area contributed by atoms with Gasteiger partial charge in [-0.1, -0.05) is 18.9 Å². The molecule has 0 N–H and O–H groups in total. The minimum atomic E-state index is 0.480. The van der Waals surface area contributed by atoms with Crippen LogP contribution >= 0.6 is 11.6 Å². The topological polar surface area (TPSA) is 0 Å². The van der Waals surface area contributed by atoms with Crippen molar-refractivity contribution in [2.75, 3.05) is 0 Å². The van der Waals surface area contributed by atoms with Crippen molar-refractivity contribution < 1.29 is 0 Å². The van der Waals surface area contributed by atoms with Crippen molar-refractivity contribution in [2.45, 2.75) is 50.3 Å². The number of halogens is 1. The van der Waals surface area contributed by atoms with Crippen molar-refractivity contribution in [1.82, 2.24) is 0 Å². The number of alkyl halides is 1. The molecule has 1 fully saturated rings. The van der Waals surface area contributed by atoms with Crippen LogP contribution in [0.5, 0.6) is 0 Å². The lowest BCUT2D eigenvalue weighted by Gasteiger charge is -2.06. The van der Waals surface area contributed by atoms with E-state index >= 15 is 0 Å². The molecule has 0 aromatic heterocycles. The maximum Gasteiger partial charge on any atom is 0.0364 e. The molecule has 0 heterocycles. The predicted molar refractivity (Wildman–Crippen MR) is 55.6 cm³/mol. The summed E-state index contributed by atoms with van der Waals surface area (Å²) in [5.74, 6) is 0.867. The summed E-state index contributed by atoms with van der Waals surface area (Å²) >= 11 is 6.17. The Morgan fingerprint density at radius 1 is 1.33 bits per heavy atom. The summed E-state index contributed by atoms with van der Waals surface area (Å²) in [7, 11) is 0. The van der Waals surface area contributed by atoms with Gasteiger partial charge in [0.1, 0.15) is 0 Å². The number of hydrogen-bond donors (Lipinski definition) is 0. The summed E-state index contributed by atoms with van der Waals surface area (Å²) in [4.78, 5) is 0. The van der Waals surface area contributed by atoms with E-state index in [1.165, 1.54) is 38.5 Å². The van der Waals surface area contributed by atoms with Gasteiger partial charge >= 0.3 is 0 Å². The Kier molecular flexibility index (Phi) is 4.75. The first-order valence-electron chi connectivity index (χ1n) is 5.09. The van der Waals surface area contributed by atoms with Crippen LogP contribution in [0.1, 0.15) is 44.9 Å². The van der Waals surface area contributed by atoms with Crippen LogP contribution in [0.4, 0.5) is 0 Å². The molecule has 0 amide bonds. The van der Waals surface area contributed by atoms with Crippen LogP contribution in [0.15, 0.2) is 12.7 Å². The molecule has 70 valence electrons. The largest absolute Gasteiger partial charge is 0.123 e. The molecule has 1 atom stereocenters. The summed E-state index contributed by atoms with van der Waals surface area (Å²) in [6.07, 6.45) is 11.1. The third-order valence-corrected chi connectivity index (χ3v) is 3.10. The second kappa shape index (κ2) is 5.64. The van der Waals surface area contributed by atoms with E-state index in [2.05, 4.69) is 6.58 Å². The molecule has 1 heteroatoms. The van der Waals surface area contributed by atoms with Gasteiger partial charge in [-0.05, 0) is 38.0 Å². The third kappa shape index (κ3) is 4.15. The minimum absolute atomic E-state index is 0.480. The van der Waals surface area contributed by atoms with Gasteiger partial charge in [-0.3, -0.25) is 0 Å². The molecule has 1 aliphatic rings. The van der Waals surface area contributed by atoms with Crippen molar-refractivity contribution in [1.29, 1.82) is 0 Å². The minimum Gasteiger partial charge on any atom is -0.123 e. The van der Waals surface area contributed by atoms with Gasteiger partial charge in [0.2, 0.25) is 0 Å². The van der Waals surface area contributed by atoms with Gasteiger partial charge in [0, 0.05) is 5.38 Å². The van der Waals surface area contributed by atoms with Crippen LogP contribution in [0, 0.1) is 5.92 Å². The Bertz CT molecular complexity index is 127. The molecule has 1 unspecified atom stereocenters. The van der Waals surface area contributed by atoms with Gasteiger partial charge in [0.15, 0.2) is 0 Å². The number of allylic oxidation sites excluding steroid dienone is 1. The van der Waals surface area contributed by atoms with Crippen LogP contribution in [0.25, 0.3) is 0 Å². The zero-order valence-electron chi connectivity index (χ0n) is 7.77. The van der Waals surface area contributed by atoms with E-state index in [0.29, 0.717) is 5.38 Å². The first-order chi connectivity index (χ1) is 5.84. The molecule has 0 aromatic carbocycles. The normalized spacial score (nSPS) is 19.1. The Morgan fingerprint density at radius 2 is 2.08 bits per heavy atom. The second-order valence-corrected chi connectivity index (χ2v) is 4.34. The highest BCUT2D eigenvalue weighted by molar-refractivity contribution is 6.20. The predicted octanol–water partition coefficient (Wildman–Crippen LogP) is 4.14. The molecule has 0 radical (unpaired) electrons. The summed E-state index contributed by atoms with van der Waals surface area (Å²) in [5.41, 5.74) is 0. The standard InChI is InChI=1S/C11H19Cl/c1-2-3-4-5-6-7-11(12)10-8-9-10/h2,10-11H,1,3-9H2. The van der Waals surface area contributed by atoms with Crippen molar-refractivity contribution >= 4 is 11.6 Å². The van der Waals surface area contributed by atoms with Crippen LogP contribution in [-0.4, -0.2) is 5.38 Å². The summed E-state index contributed by atoms with van der Waals surface area (Å²) < 4.78 is 0. The quantitative estimate of drug-likeness (QED) is 0.319. The zero-order chi connectivity index (χ0) is 8.81. The van der Waals surface area contributed by atoms with Crippen molar-refractivity contribution in [3.05, 3.63) is 12.7 Å². The van der Waals surface area contributed by atoms with E-state index in [1.54, 1.807) is 0 Å². The molecule has 0 saturated heterocycles. The maximum atomic E-state index is 6.17. The van der Waals surface area contributed by atoms with E-state index in [-0.39, 0.29) is 0 Å². The van der Waals surface area contributed by atoms with E-state index < -0.39 is 0 Å². The second-order valence-electron chi connectivity index (χ2n) is 3.78. The molecule has 1 rings (SSSR count). The summed E-state index contributed by atoms with van der Waals surface area (Å²) in [6, 6.07) is 0. The van der Waals surface area contributed by atoms with Gasteiger partial charge in [-0.15, -0.1) is 18.2 Å². The van der Waals surface area contributed by atoms with Crippen LogP contribution < -0.4 is 0 Å². The molecule has 1 saturated carbocycles. The van der Waals surface area contributed by atoms with E-state index in [4.69, 9.17) is 11.6 Å². The highest BCUT2D eigenvalue weighted by Gasteiger charge is 2.28. The summed E-state index contributed by atoms with van der Waals surface area (Å²) in [5, 5.41) is 0.480. The molecular formula is C11H19Cl. The van der Waals surface area contributed by atoms with Gasteiger partial charge in [0.25, 0.3) is 0 Å². The SMILES string of the molecule is C=CCCCCCC(Cl)C1CC1. The number of unbranched alkanes of at least 4 members (excludes halogenated alkanes) is 3. The highest BCUT2D eigenvalue weighted by atomic mass is 35.5. The molecule has 0 aliphatic heterocycles. The lowest BCUT2D eigenvalue weighted by molar-refractivity contribution is 0.594. The van der Waals surface area contributed by atoms with Crippen molar-refractivity contribution in [2.24, 2.45) is 5.92 Å². The average molecular weight is 187 g/mol. The van der Waals surface area contributed by atoms with Crippen molar-refractivity contribution in [3.63, 3.8) is 0 Å². The van der Waals surface area contributed by atoms with E-state index in [0.717, 1.165) is 12.3 Å². The molecular weight excluding hydrogens is 168 g/mol. The fourth-order valence-corrected chi connectivity index (χ4v) is 1.90. The van der Waals surface area contributed by atoms with Crippen LogP contribution in [0.3, 0.4) is 0 Å². The average Bonchev–Trinajstić information content (AvgIpc) is 2.86. The van der Waals surface area contributed by atoms with Gasteiger partial charge in [-0.2, -0.15) is 0 Å². The lowest BCUT2D eigenvalue weighted by atomic mass is 10.1. The fourth-order valence-electron chi connectivity index (χ4n) is 1.50. The van der Waals surface area contributed by atoms with Gasteiger partial charge in [0.05, 0.1) is 0 Å². The van der Waals surface area contributed by atoms with Gasteiger partial charge in [-0.25, -0.2) is 0 Å². The molecule has 1 aliphatic carbocycles. The Morgan fingerprint density at radius 3 is 2.67 bits per heavy atom. The Hall–Kier alpha value is 0.0300. The number of rotatable bonds is 7. The molecule has 0 nitrogen and oxygen atoms in total. The first kappa shape index (κ1) is 10.1. The van der Waals surface area contributed by atoms with Crippen LogP contribution in [0.2, 0.25) is 0 Å². The molecule has 0 spiro atoms. The van der Waals surface area contributed by atoms with E-state index in [9.17, 15) is 0 Å². The first-order valence-corrected chi connectivity index (χ1v) is 5.53. The smallest absolute Gasteiger partial charge is 0.0364 e. The zero-order valence-corrected chi connectivity index (χ0v) is 8.52. The summed E-state index contributed by atoms with van der Waals surface area (Å²) in [6.45, 7) is 3.71. The molecule has 12 heavy (non-hydrogen) atoms. The van der Waals surface area contributed by atoms with Crippen molar-refractivity contribution in [3.8, 4) is 0 Å². The van der Waals surface area contributed by atoms with E-state index in [1.807, 2.05) is 6.08 Å².